The largest absolute Gasteiger partial charge is 0.497 e. The molecule has 0 radical (unpaired) electrons. The number of nitrogens with one attached hydrogen (secondary N) is 1. The highest BCUT2D eigenvalue weighted by atomic mass is 32.2. The number of fused-ring (bicyclic) bond motifs is 1. The minimum Gasteiger partial charge on any atom is -0.497 e. The number of aryl methyl sites for hydroxylation is 2. The van der Waals surface area contributed by atoms with Gasteiger partial charge in [0.2, 0.25) is 0 Å². The van der Waals surface area contributed by atoms with Crippen molar-refractivity contribution in [3.8, 4) is 5.75 Å². The van der Waals surface area contributed by atoms with Gasteiger partial charge in [-0.25, -0.2) is 18.4 Å². The van der Waals surface area contributed by atoms with E-state index in [1.807, 2.05) is 13.8 Å². The molecule has 124 valence electrons. The van der Waals surface area contributed by atoms with Gasteiger partial charge in [-0.1, -0.05) is 0 Å². The molecule has 1 heterocycles. The molecule has 0 unspecified atom stereocenters. The molecule has 3 rings (SSSR count). The summed E-state index contributed by atoms with van der Waals surface area (Å²) in [7, 11) is -2.15. The van der Waals surface area contributed by atoms with Crippen molar-refractivity contribution in [2.24, 2.45) is 0 Å². The molecule has 0 fully saturated rings. The molecule has 6 nitrogen and oxygen atoms in total. The Morgan fingerprint density at radius 1 is 0.917 bits per heavy atom. The van der Waals surface area contributed by atoms with Crippen LogP contribution in [-0.2, 0) is 10.0 Å². The number of methoxy groups -OCH3 is 1. The van der Waals surface area contributed by atoms with Crippen molar-refractivity contribution in [1.82, 2.24) is 9.97 Å². The summed E-state index contributed by atoms with van der Waals surface area (Å²) in [5.41, 5.74) is 3.29. The molecule has 1 N–H and O–H groups in total. The Hall–Kier alpha value is -2.67. The predicted molar refractivity (Wildman–Crippen MR) is 92.8 cm³/mol. The van der Waals surface area contributed by atoms with E-state index in [4.69, 9.17) is 4.74 Å². The van der Waals surface area contributed by atoms with Crippen molar-refractivity contribution in [1.29, 1.82) is 0 Å². The fourth-order valence-electron chi connectivity index (χ4n) is 2.25. The van der Waals surface area contributed by atoms with Gasteiger partial charge in [-0.2, -0.15) is 0 Å². The first kappa shape index (κ1) is 16.2. The van der Waals surface area contributed by atoms with Crippen LogP contribution in [0.4, 0.5) is 5.69 Å². The van der Waals surface area contributed by atoms with Crippen LogP contribution in [0.5, 0.6) is 5.75 Å². The summed E-state index contributed by atoms with van der Waals surface area (Å²) in [5.74, 6) is 0.657. The van der Waals surface area contributed by atoms with Gasteiger partial charge in [-0.15, -0.1) is 0 Å². The number of aromatic nitrogens is 2. The van der Waals surface area contributed by atoms with E-state index < -0.39 is 10.0 Å². The highest BCUT2D eigenvalue weighted by Gasteiger charge is 2.16. The van der Waals surface area contributed by atoms with E-state index in [0.717, 1.165) is 11.4 Å². The molecule has 0 bridgehead atoms. The molecular weight excluding hydrogens is 326 g/mol. The minimum absolute atomic E-state index is 0.142. The Morgan fingerprint density at radius 3 is 2.17 bits per heavy atom. The number of hydrogen-bond donors (Lipinski definition) is 1. The second-order valence-corrected chi connectivity index (χ2v) is 7.06. The number of hydrogen-bond acceptors (Lipinski definition) is 5. The van der Waals surface area contributed by atoms with Gasteiger partial charge in [0.25, 0.3) is 10.0 Å². The summed E-state index contributed by atoms with van der Waals surface area (Å²) >= 11 is 0. The van der Waals surface area contributed by atoms with E-state index in [1.54, 1.807) is 37.4 Å². The molecule has 0 amide bonds. The number of anilines is 1. The first-order valence-corrected chi connectivity index (χ1v) is 8.79. The van der Waals surface area contributed by atoms with Crippen LogP contribution >= 0.6 is 0 Å². The number of ether oxygens (including phenoxy) is 1. The SMILES string of the molecule is COc1ccc(NS(=O)(=O)c2ccc3nc(C)c(C)nc3c2)cc1. The molecule has 1 aromatic heterocycles. The van der Waals surface area contributed by atoms with E-state index in [9.17, 15) is 8.42 Å². The second-order valence-electron chi connectivity index (χ2n) is 5.38. The van der Waals surface area contributed by atoms with E-state index in [-0.39, 0.29) is 4.90 Å². The van der Waals surface area contributed by atoms with Crippen LogP contribution in [0.3, 0.4) is 0 Å². The van der Waals surface area contributed by atoms with E-state index in [1.165, 1.54) is 12.1 Å². The monoisotopic (exact) mass is 343 g/mol. The minimum atomic E-state index is -3.71. The zero-order valence-electron chi connectivity index (χ0n) is 13.6. The topological polar surface area (TPSA) is 81.2 Å². The molecule has 3 aromatic rings. The van der Waals surface area contributed by atoms with Crippen LogP contribution in [0.15, 0.2) is 47.4 Å². The van der Waals surface area contributed by atoms with E-state index >= 15 is 0 Å². The zero-order chi connectivity index (χ0) is 17.3. The van der Waals surface area contributed by atoms with Crippen molar-refractivity contribution in [2.75, 3.05) is 11.8 Å². The van der Waals surface area contributed by atoms with Crippen LogP contribution in [0.2, 0.25) is 0 Å². The molecule has 0 atom stereocenters. The molecule has 0 saturated heterocycles. The van der Waals surface area contributed by atoms with Crippen molar-refractivity contribution in [3.63, 3.8) is 0 Å². The van der Waals surface area contributed by atoms with Crippen molar-refractivity contribution < 1.29 is 13.2 Å². The van der Waals surface area contributed by atoms with Gasteiger partial charge < -0.3 is 4.74 Å². The lowest BCUT2D eigenvalue weighted by Gasteiger charge is -2.10. The fourth-order valence-corrected chi connectivity index (χ4v) is 3.33. The highest BCUT2D eigenvalue weighted by molar-refractivity contribution is 7.92. The summed E-state index contributed by atoms with van der Waals surface area (Å²) < 4.78 is 32.7. The van der Waals surface area contributed by atoms with Gasteiger partial charge in [0.1, 0.15) is 5.75 Å². The summed E-state index contributed by atoms with van der Waals surface area (Å²) in [4.78, 5) is 8.96. The second kappa shape index (κ2) is 6.09. The quantitative estimate of drug-likeness (QED) is 0.787. The van der Waals surface area contributed by atoms with Crippen molar-refractivity contribution >= 4 is 26.7 Å². The van der Waals surface area contributed by atoms with Crippen LogP contribution in [0, 0.1) is 13.8 Å². The molecule has 0 saturated carbocycles. The Bertz CT molecular complexity index is 1000. The van der Waals surface area contributed by atoms with Crippen LogP contribution in [0.1, 0.15) is 11.4 Å². The Kier molecular flexibility index (Phi) is 4.11. The maximum Gasteiger partial charge on any atom is 0.261 e. The molecule has 2 aromatic carbocycles. The lowest BCUT2D eigenvalue weighted by Crippen LogP contribution is -2.13. The molecule has 24 heavy (non-hydrogen) atoms. The smallest absolute Gasteiger partial charge is 0.261 e. The number of nitrogens with zero attached hydrogens (tertiary/aromatic N) is 2. The van der Waals surface area contributed by atoms with Crippen molar-refractivity contribution in [2.45, 2.75) is 18.7 Å². The van der Waals surface area contributed by atoms with Crippen LogP contribution < -0.4 is 9.46 Å². The van der Waals surface area contributed by atoms with Crippen LogP contribution in [0.25, 0.3) is 11.0 Å². The predicted octanol–water partition coefficient (Wildman–Crippen LogP) is 3.06. The summed E-state index contributed by atoms with van der Waals surface area (Å²) in [5, 5.41) is 0. The third-order valence-corrected chi connectivity index (χ3v) is 5.08. The van der Waals surface area contributed by atoms with Crippen LogP contribution in [-0.4, -0.2) is 25.5 Å². The van der Waals surface area contributed by atoms with Crippen molar-refractivity contribution in [3.05, 3.63) is 53.9 Å². The summed E-state index contributed by atoms with van der Waals surface area (Å²) in [6.07, 6.45) is 0. The third-order valence-electron chi connectivity index (χ3n) is 3.70. The maximum absolute atomic E-state index is 12.6. The van der Waals surface area contributed by atoms with Gasteiger partial charge in [0.05, 0.1) is 34.4 Å². The first-order chi connectivity index (χ1) is 11.4. The lowest BCUT2D eigenvalue weighted by atomic mass is 10.2. The molecule has 0 aliphatic heterocycles. The average molecular weight is 343 g/mol. The van der Waals surface area contributed by atoms with E-state index in [2.05, 4.69) is 14.7 Å². The lowest BCUT2D eigenvalue weighted by molar-refractivity contribution is 0.415. The zero-order valence-corrected chi connectivity index (χ0v) is 14.4. The number of benzene rings is 2. The number of rotatable bonds is 4. The fraction of sp³-hybridized carbons (Fsp3) is 0.176. The third kappa shape index (κ3) is 3.16. The van der Waals surface area contributed by atoms with Gasteiger partial charge >= 0.3 is 0 Å². The maximum atomic E-state index is 12.6. The average Bonchev–Trinajstić information content (AvgIpc) is 2.56. The standard InChI is InChI=1S/C17H17N3O3S/c1-11-12(2)19-17-10-15(8-9-16(17)18-11)24(21,22)20-13-4-6-14(23-3)7-5-13/h4-10,20H,1-3H3. The van der Waals surface area contributed by atoms with Gasteiger partial charge in [-0.05, 0) is 56.3 Å². The molecule has 0 aliphatic rings. The Morgan fingerprint density at radius 2 is 1.54 bits per heavy atom. The molecule has 0 spiro atoms. The Labute approximate surface area is 140 Å². The summed E-state index contributed by atoms with van der Waals surface area (Å²) in [6.45, 7) is 3.72. The summed E-state index contributed by atoms with van der Waals surface area (Å²) in [6, 6.07) is 11.4. The normalized spacial score (nSPS) is 11.5. The van der Waals surface area contributed by atoms with Gasteiger partial charge in [0.15, 0.2) is 0 Å². The number of sulfonamides is 1. The van der Waals surface area contributed by atoms with Gasteiger partial charge in [-0.3, -0.25) is 4.72 Å². The molecular formula is C17H17N3O3S. The first-order valence-electron chi connectivity index (χ1n) is 7.31. The Balaban J connectivity index is 1.96. The highest BCUT2D eigenvalue weighted by Crippen LogP contribution is 2.22. The van der Waals surface area contributed by atoms with Gasteiger partial charge in [0, 0.05) is 5.69 Å². The molecule has 0 aliphatic carbocycles. The molecule has 7 heteroatoms. The van der Waals surface area contributed by atoms with E-state index in [0.29, 0.717) is 22.5 Å².